The van der Waals surface area contributed by atoms with E-state index in [1.165, 1.54) is 0 Å². The summed E-state index contributed by atoms with van der Waals surface area (Å²) >= 11 is 12.2. The van der Waals surface area contributed by atoms with Crippen LogP contribution in [-0.4, -0.2) is 17.5 Å². The van der Waals surface area contributed by atoms with E-state index in [1.807, 2.05) is 71.6 Å². The number of urea groups is 1. The molecule has 0 saturated carbocycles. The van der Waals surface area contributed by atoms with Gasteiger partial charge in [0.25, 0.3) is 0 Å². The SMILES string of the molecule is CCCCN(Cc1ccccc1)C(=O)N(c1cccc(CCl)c1)c1cccc(CCl)c1. The second-order valence-electron chi connectivity index (χ2n) is 7.49. The molecular weight excluding hydrogens is 427 g/mol. The van der Waals surface area contributed by atoms with Crippen molar-refractivity contribution in [3.05, 3.63) is 95.6 Å². The highest BCUT2D eigenvalue weighted by atomic mass is 35.5. The first-order valence-electron chi connectivity index (χ1n) is 10.6. The number of anilines is 2. The fourth-order valence-corrected chi connectivity index (χ4v) is 3.80. The van der Waals surface area contributed by atoms with Gasteiger partial charge in [0.2, 0.25) is 0 Å². The molecule has 0 bridgehead atoms. The monoisotopic (exact) mass is 454 g/mol. The van der Waals surface area contributed by atoms with E-state index < -0.39 is 0 Å². The van der Waals surface area contributed by atoms with Gasteiger partial charge in [0, 0.05) is 24.8 Å². The van der Waals surface area contributed by atoms with Crippen LogP contribution < -0.4 is 4.90 Å². The van der Waals surface area contributed by atoms with Crippen LogP contribution in [0.1, 0.15) is 36.5 Å². The van der Waals surface area contributed by atoms with Gasteiger partial charge < -0.3 is 4.90 Å². The Kier molecular flexibility index (Phi) is 8.81. The summed E-state index contributed by atoms with van der Waals surface area (Å²) in [6, 6.07) is 25.7. The maximum absolute atomic E-state index is 13.9. The number of hydrogen-bond acceptors (Lipinski definition) is 1. The summed E-state index contributed by atoms with van der Waals surface area (Å²) in [5.74, 6) is 0.780. The molecule has 3 rings (SSSR count). The van der Waals surface area contributed by atoms with Crippen LogP contribution >= 0.6 is 23.2 Å². The Morgan fingerprint density at radius 1 is 0.774 bits per heavy atom. The predicted octanol–water partition coefficient (Wildman–Crippen LogP) is 7.72. The summed E-state index contributed by atoms with van der Waals surface area (Å²) in [6.07, 6.45) is 1.96. The molecule has 0 aliphatic rings. The Morgan fingerprint density at radius 2 is 1.32 bits per heavy atom. The predicted molar refractivity (Wildman–Crippen MR) is 131 cm³/mol. The maximum Gasteiger partial charge on any atom is 0.329 e. The Morgan fingerprint density at radius 3 is 1.84 bits per heavy atom. The quantitative estimate of drug-likeness (QED) is 0.303. The first-order valence-corrected chi connectivity index (χ1v) is 11.7. The minimum absolute atomic E-state index is 0.0595. The van der Waals surface area contributed by atoms with E-state index in [4.69, 9.17) is 23.2 Å². The van der Waals surface area contributed by atoms with Gasteiger partial charge >= 0.3 is 6.03 Å². The van der Waals surface area contributed by atoms with Crippen molar-refractivity contribution in [3.63, 3.8) is 0 Å². The highest BCUT2D eigenvalue weighted by molar-refractivity contribution is 6.17. The molecule has 3 nitrogen and oxygen atoms in total. The van der Waals surface area contributed by atoms with E-state index in [9.17, 15) is 4.79 Å². The van der Waals surface area contributed by atoms with Crippen molar-refractivity contribution in [3.8, 4) is 0 Å². The van der Waals surface area contributed by atoms with Crippen molar-refractivity contribution in [2.24, 2.45) is 0 Å². The lowest BCUT2D eigenvalue weighted by Crippen LogP contribution is -2.41. The van der Waals surface area contributed by atoms with Gasteiger partial charge in [-0.25, -0.2) is 4.79 Å². The summed E-state index contributed by atoms with van der Waals surface area (Å²) in [5, 5.41) is 0. The summed E-state index contributed by atoms with van der Waals surface area (Å²) in [5.41, 5.74) is 4.63. The molecular formula is C26H28Cl2N2O. The standard InChI is InChI=1S/C26H28Cl2N2O/c1-2-3-15-29(20-21-9-5-4-6-10-21)26(31)30(24-13-7-11-22(16-24)18-27)25-14-8-12-23(17-25)19-28/h4-14,16-17H,2-3,15,18-20H2,1H3. The third kappa shape index (κ3) is 6.25. The molecule has 0 atom stereocenters. The molecule has 5 heteroatoms. The number of benzene rings is 3. The second kappa shape index (κ2) is 11.8. The van der Waals surface area contributed by atoms with Crippen molar-refractivity contribution in [2.75, 3.05) is 11.4 Å². The second-order valence-corrected chi connectivity index (χ2v) is 8.02. The van der Waals surface area contributed by atoms with Gasteiger partial charge in [-0.3, -0.25) is 4.90 Å². The van der Waals surface area contributed by atoms with Crippen LogP contribution in [0.2, 0.25) is 0 Å². The minimum Gasteiger partial charge on any atom is -0.320 e. The maximum atomic E-state index is 13.9. The van der Waals surface area contributed by atoms with Crippen molar-refractivity contribution < 1.29 is 4.79 Å². The van der Waals surface area contributed by atoms with Crippen LogP contribution in [0.4, 0.5) is 16.2 Å². The zero-order valence-electron chi connectivity index (χ0n) is 17.8. The van der Waals surface area contributed by atoms with Gasteiger partial charge in [0.05, 0.1) is 11.4 Å². The molecule has 0 N–H and O–H groups in total. The van der Waals surface area contributed by atoms with Crippen LogP contribution in [0.25, 0.3) is 0 Å². The van der Waals surface area contributed by atoms with Crippen molar-refractivity contribution in [2.45, 2.75) is 38.1 Å². The number of carbonyl (C=O) groups excluding carboxylic acids is 1. The number of rotatable bonds is 9. The van der Waals surface area contributed by atoms with Gasteiger partial charge in [-0.05, 0) is 47.4 Å². The lowest BCUT2D eigenvalue weighted by molar-refractivity contribution is 0.203. The number of carbonyl (C=O) groups is 1. The molecule has 0 unspecified atom stereocenters. The normalized spacial score (nSPS) is 10.7. The van der Waals surface area contributed by atoms with Crippen molar-refractivity contribution in [1.82, 2.24) is 4.90 Å². The number of nitrogens with zero attached hydrogens (tertiary/aromatic N) is 2. The van der Waals surface area contributed by atoms with Crippen LogP contribution in [0, 0.1) is 0 Å². The summed E-state index contributed by atoms with van der Waals surface area (Å²) < 4.78 is 0. The molecule has 2 amide bonds. The highest BCUT2D eigenvalue weighted by Gasteiger charge is 2.24. The van der Waals surface area contributed by atoms with Crippen molar-refractivity contribution in [1.29, 1.82) is 0 Å². The van der Waals surface area contributed by atoms with Crippen LogP contribution in [0.15, 0.2) is 78.9 Å². The Labute approximate surface area is 195 Å². The molecule has 0 spiro atoms. The lowest BCUT2D eigenvalue weighted by Gasteiger charge is -2.31. The van der Waals surface area contributed by atoms with Crippen LogP contribution in [0.5, 0.6) is 0 Å². The van der Waals surface area contributed by atoms with Gasteiger partial charge in [-0.1, -0.05) is 67.9 Å². The van der Waals surface area contributed by atoms with Gasteiger partial charge in [-0.2, -0.15) is 0 Å². The molecule has 0 radical (unpaired) electrons. The van der Waals surface area contributed by atoms with E-state index in [2.05, 4.69) is 19.1 Å². The minimum atomic E-state index is -0.0595. The molecule has 31 heavy (non-hydrogen) atoms. The zero-order valence-corrected chi connectivity index (χ0v) is 19.3. The van der Waals surface area contributed by atoms with Gasteiger partial charge in [-0.15, -0.1) is 23.2 Å². The molecule has 162 valence electrons. The number of amides is 2. The van der Waals surface area contributed by atoms with E-state index in [0.29, 0.717) is 24.8 Å². The molecule has 3 aromatic rings. The average Bonchev–Trinajstić information content (AvgIpc) is 2.82. The number of alkyl halides is 2. The molecule has 3 aromatic carbocycles. The third-order valence-electron chi connectivity index (χ3n) is 5.11. The van der Waals surface area contributed by atoms with Crippen LogP contribution in [0.3, 0.4) is 0 Å². The molecule has 0 aliphatic carbocycles. The van der Waals surface area contributed by atoms with E-state index >= 15 is 0 Å². The Balaban J connectivity index is 2.03. The number of hydrogen-bond donors (Lipinski definition) is 0. The number of halogens is 2. The smallest absolute Gasteiger partial charge is 0.320 e. The van der Waals surface area contributed by atoms with Crippen LogP contribution in [-0.2, 0) is 18.3 Å². The van der Waals surface area contributed by atoms with Gasteiger partial charge in [0.15, 0.2) is 0 Å². The number of unbranched alkanes of at least 4 members (excludes halogenated alkanes) is 1. The topological polar surface area (TPSA) is 23.6 Å². The lowest BCUT2D eigenvalue weighted by atomic mass is 10.1. The highest BCUT2D eigenvalue weighted by Crippen LogP contribution is 2.30. The van der Waals surface area contributed by atoms with Gasteiger partial charge in [0.1, 0.15) is 0 Å². The third-order valence-corrected chi connectivity index (χ3v) is 5.72. The Bertz CT molecular complexity index is 930. The summed E-state index contributed by atoms with van der Waals surface area (Å²) in [6.45, 7) is 3.38. The molecule has 0 aliphatic heterocycles. The zero-order chi connectivity index (χ0) is 22.1. The molecule has 0 fully saturated rings. The molecule has 0 heterocycles. The largest absolute Gasteiger partial charge is 0.329 e. The average molecular weight is 455 g/mol. The van der Waals surface area contributed by atoms with Crippen molar-refractivity contribution >= 4 is 40.6 Å². The Hall–Kier alpha value is -2.49. The van der Waals surface area contributed by atoms with E-state index in [1.54, 1.807) is 4.90 Å². The van der Waals surface area contributed by atoms with E-state index in [-0.39, 0.29) is 6.03 Å². The molecule has 0 aromatic heterocycles. The fraction of sp³-hybridized carbons (Fsp3) is 0.269. The van der Waals surface area contributed by atoms with E-state index in [0.717, 1.165) is 40.9 Å². The summed E-state index contributed by atoms with van der Waals surface area (Å²) in [4.78, 5) is 17.6. The fourth-order valence-electron chi connectivity index (χ4n) is 3.46. The summed E-state index contributed by atoms with van der Waals surface area (Å²) in [7, 11) is 0. The molecule has 0 saturated heterocycles. The first-order chi connectivity index (χ1) is 15.2. The first kappa shape index (κ1) is 23.2.